The number of halogens is 4. The van der Waals surface area contributed by atoms with Crippen LogP contribution in [0.2, 0.25) is 0 Å². The lowest BCUT2D eigenvalue weighted by Gasteiger charge is -2.29. The van der Waals surface area contributed by atoms with Crippen molar-refractivity contribution in [3.63, 3.8) is 0 Å². The van der Waals surface area contributed by atoms with E-state index in [1.54, 1.807) is 29.2 Å². The number of thiophene rings is 1. The van der Waals surface area contributed by atoms with Crippen LogP contribution < -0.4 is 0 Å². The summed E-state index contributed by atoms with van der Waals surface area (Å²) in [6.45, 7) is 2.43. The molecule has 0 unspecified atom stereocenters. The molecule has 0 spiro atoms. The lowest BCUT2D eigenvalue weighted by Crippen LogP contribution is -2.31. The summed E-state index contributed by atoms with van der Waals surface area (Å²) < 4.78 is 40.6. The van der Waals surface area contributed by atoms with Crippen LogP contribution in [0, 0.1) is 0 Å². The maximum absolute atomic E-state index is 12.9. The van der Waals surface area contributed by atoms with Gasteiger partial charge < -0.3 is 4.57 Å². The van der Waals surface area contributed by atoms with Crippen molar-refractivity contribution in [2.24, 2.45) is 7.05 Å². The Kier molecular flexibility index (Phi) is 7.49. The smallest absolute Gasteiger partial charge is 0.305 e. The number of alkyl halides is 3. The van der Waals surface area contributed by atoms with Crippen LogP contribution in [0.4, 0.5) is 13.2 Å². The molecule has 0 fully saturated rings. The van der Waals surface area contributed by atoms with Gasteiger partial charge in [0.2, 0.25) is 0 Å². The van der Waals surface area contributed by atoms with E-state index in [0.29, 0.717) is 13.0 Å². The highest BCUT2D eigenvalue weighted by Crippen LogP contribution is 2.32. The zero-order chi connectivity index (χ0) is 20.4. The van der Waals surface area contributed by atoms with Gasteiger partial charge in [0.1, 0.15) is 0 Å². The topological polar surface area (TPSA) is 34.0 Å². The van der Waals surface area contributed by atoms with Crippen molar-refractivity contribution in [3.05, 3.63) is 51.7 Å². The number of fused-ring (bicyclic) bond motifs is 1. The first-order valence-electron chi connectivity index (χ1n) is 9.38. The monoisotopic (exact) mass is 474 g/mol. The molecule has 1 aliphatic heterocycles. The van der Waals surface area contributed by atoms with Crippen LogP contribution in [0.25, 0.3) is 11.4 Å². The second kappa shape index (κ2) is 9.72. The predicted octanol–water partition coefficient (Wildman–Crippen LogP) is 5.52. The van der Waals surface area contributed by atoms with Crippen molar-refractivity contribution in [2.75, 3.05) is 18.8 Å². The van der Waals surface area contributed by atoms with Crippen LogP contribution >= 0.6 is 35.5 Å². The number of aromatic nitrogens is 3. The molecule has 0 aliphatic carbocycles. The van der Waals surface area contributed by atoms with Gasteiger partial charge in [0.05, 0.1) is 5.56 Å². The molecule has 1 aliphatic rings. The van der Waals surface area contributed by atoms with Gasteiger partial charge in [0.15, 0.2) is 11.0 Å². The van der Waals surface area contributed by atoms with Gasteiger partial charge in [-0.05, 0) is 54.1 Å². The van der Waals surface area contributed by atoms with Gasteiger partial charge in [-0.3, -0.25) is 4.90 Å². The van der Waals surface area contributed by atoms with E-state index in [-0.39, 0.29) is 12.4 Å². The lowest BCUT2D eigenvalue weighted by molar-refractivity contribution is -0.137. The largest absolute Gasteiger partial charge is 0.416 e. The molecule has 1 aromatic carbocycles. The summed E-state index contributed by atoms with van der Waals surface area (Å²) in [5.74, 6) is 1.80. The van der Waals surface area contributed by atoms with Crippen LogP contribution in [0.15, 0.2) is 40.2 Å². The third-order valence-electron chi connectivity index (χ3n) is 5.09. The minimum Gasteiger partial charge on any atom is -0.305 e. The van der Waals surface area contributed by atoms with Crippen molar-refractivity contribution >= 4 is 35.5 Å². The maximum Gasteiger partial charge on any atom is 0.416 e. The van der Waals surface area contributed by atoms with Gasteiger partial charge >= 0.3 is 6.18 Å². The van der Waals surface area contributed by atoms with Crippen molar-refractivity contribution < 1.29 is 13.2 Å². The fourth-order valence-corrected chi connectivity index (χ4v) is 4.98. The highest BCUT2D eigenvalue weighted by molar-refractivity contribution is 7.99. The Bertz CT molecular complexity index is 973. The minimum atomic E-state index is -4.27. The molecule has 0 radical (unpaired) electrons. The SMILES string of the molecule is Cl.Cn1c(SCCCN2CCc3cc(C(F)(F)F)ccc3C2)nnc1-c1ccsc1. The van der Waals surface area contributed by atoms with Crippen molar-refractivity contribution in [1.82, 2.24) is 19.7 Å². The first kappa shape index (κ1) is 23.1. The highest BCUT2D eigenvalue weighted by Gasteiger charge is 2.31. The van der Waals surface area contributed by atoms with E-state index in [1.165, 1.54) is 12.1 Å². The minimum absolute atomic E-state index is 0. The van der Waals surface area contributed by atoms with E-state index < -0.39 is 11.7 Å². The van der Waals surface area contributed by atoms with E-state index in [9.17, 15) is 13.2 Å². The molecular weight excluding hydrogens is 453 g/mol. The summed E-state index contributed by atoms with van der Waals surface area (Å²) in [6, 6.07) is 6.17. The Morgan fingerprint density at radius 1 is 1.17 bits per heavy atom. The van der Waals surface area contributed by atoms with Crippen LogP contribution in [0.3, 0.4) is 0 Å². The molecule has 3 aromatic rings. The molecule has 0 saturated heterocycles. The molecule has 0 N–H and O–H groups in total. The number of hydrogen-bond donors (Lipinski definition) is 0. The Labute approximate surface area is 187 Å². The van der Waals surface area contributed by atoms with E-state index >= 15 is 0 Å². The molecule has 0 amide bonds. The van der Waals surface area contributed by atoms with Crippen LogP contribution in [-0.4, -0.2) is 38.5 Å². The number of nitrogens with zero attached hydrogens (tertiary/aromatic N) is 4. The molecule has 162 valence electrons. The first-order valence-corrected chi connectivity index (χ1v) is 11.3. The van der Waals surface area contributed by atoms with Gasteiger partial charge in [-0.2, -0.15) is 24.5 Å². The summed E-state index contributed by atoms with van der Waals surface area (Å²) in [5.41, 5.74) is 2.36. The van der Waals surface area contributed by atoms with Crippen LogP contribution in [0.5, 0.6) is 0 Å². The Morgan fingerprint density at radius 2 is 2.00 bits per heavy atom. The highest BCUT2D eigenvalue weighted by atomic mass is 35.5. The van der Waals surface area contributed by atoms with E-state index in [2.05, 4.69) is 20.5 Å². The quantitative estimate of drug-likeness (QED) is 0.348. The molecule has 30 heavy (non-hydrogen) atoms. The van der Waals surface area contributed by atoms with Crippen LogP contribution in [0.1, 0.15) is 23.1 Å². The molecule has 0 atom stereocenters. The van der Waals surface area contributed by atoms with E-state index in [1.807, 2.05) is 23.1 Å². The lowest BCUT2D eigenvalue weighted by atomic mass is 9.97. The zero-order valence-corrected chi connectivity index (χ0v) is 18.8. The number of hydrogen-bond acceptors (Lipinski definition) is 5. The first-order chi connectivity index (χ1) is 13.9. The van der Waals surface area contributed by atoms with Gasteiger partial charge in [0.25, 0.3) is 0 Å². The standard InChI is InChI=1S/C20H21F3N4S2.ClH/c1-26-18(16-6-10-28-13-16)24-25-19(26)29-9-2-7-27-8-5-14-11-17(20(21,22)23)4-3-15(14)12-27;/h3-4,6,10-11,13H,2,5,7-9,12H2,1H3;1H. The number of rotatable bonds is 6. The van der Waals surface area contributed by atoms with Gasteiger partial charge in [-0.15, -0.1) is 22.6 Å². The van der Waals surface area contributed by atoms with Crippen molar-refractivity contribution in [2.45, 2.75) is 30.7 Å². The van der Waals surface area contributed by atoms with Crippen molar-refractivity contribution in [3.8, 4) is 11.4 Å². The van der Waals surface area contributed by atoms with Crippen molar-refractivity contribution in [1.29, 1.82) is 0 Å². The molecule has 4 rings (SSSR count). The molecule has 0 saturated carbocycles. The second-order valence-corrected chi connectivity index (χ2v) is 8.93. The Hall–Kier alpha value is -1.55. The summed E-state index contributed by atoms with van der Waals surface area (Å²) in [6.07, 6.45) is -2.62. The molecule has 2 aromatic heterocycles. The second-order valence-electron chi connectivity index (χ2n) is 7.09. The molecule has 10 heteroatoms. The van der Waals surface area contributed by atoms with Gasteiger partial charge in [-0.25, -0.2) is 0 Å². The third-order valence-corrected chi connectivity index (χ3v) is 6.88. The fraction of sp³-hybridized carbons (Fsp3) is 0.400. The average Bonchev–Trinajstić information content (AvgIpc) is 3.34. The van der Waals surface area contributed by atoms with Gasteiger partial charge in [0, 0.05) is 36.8 Å². The van der Waals surface area contributed by atoms with Crippen LogP contribution in [-0.2, 0) is 26.2 Å². The number of thioether (sulfide) groups is 1. The Balaban J connectivity index is 0.00000256. The Morgan fingerprint density at radius 3 is 2.73 bits per heavy atom. The average molecular weight is 475 g/mol. The number of benzene rings is 1. The molecule has 4 nitrogen and oxygen atoms in total. The molecular formula is C20H22ClF3N4S2. The van der Waals surface area contributed by atoms with E-state index in [4.69, 9.17) is 0 Å². The molecule has 0 bridgehead atoms. The summed E-state index contributed by atoms with van der Waals surface area (Å²) >= 11 is 3.32. The van der Waals surface area contributed by atoms with Gasteiger partial charge in [-0.1, -0.05) is 17.8 Å². The predicted molar refractivity (Wildman–Crippen MR) is 117 cm³/mol. The zero-order valence-electron chi connectivity index (χ0n) is 16.4. The summed E-state index contributed by atoms with van der Waals surface area (Å²) in [4.78, 5) is 2.31. The maximum atomic E-state index is 12.9. The normalized spacial score (nSPS) is 14.4. The fourth-order valence-electron chi connectivity index (χ4n) is 3.51. The summed E-state index contributed by atoms with van der Waals surface area (Å²) in [7, 11) is 1.98. The third kappa shape index (κ3) is 5.19. The summed E-state index contributed by atoms with van der Waals surface area (Å²) in [5, 5.41) is 13.6. The molecule has 3 heterocycles. The van der Waals surface area contributed by atoms with E-state index in [0.717, 1.165) is 52.9 Å².